The zero-order valence-electron chi connectivity index (χ0n) is 7.73. The lowest BCUT2D eigenvalue weighted by Gasteiger charge is -2.07. The van der Waals surface area contributed by atoms with Gasteiger partial charge < -0.3 is 10.5 Å². The first-order valence-electron chi connectivity index (χ1n) is 4.06. The van der Waals surface area contributed by atoms with Crippen LogP contribution < -0.4 is 5.73 Å². The van der Waals surface area contributed by atoms with Crippen LogP contribution in [0.2, 0.25) is 0 Å². The molecule has 0 radical (unpaired) electrons. The average Bonchev–Trinajstić information content (AvgIpc) is 2.51. The number of ether oxygens (including phenoxy) is 1. The molecule has 0 saturated carbocycles. The van der Waals surface area contributed by atoms with E-state index in [9.17, 15) is 4.79 Å². The first-order valence-corrected chi connectivity index (χ1v) is 4.06. The van der Waals surface area contributed by atoms with Gasteiger partial charge in [0.1, 0.15) is 6.04 Å². The molecule has 1 heterocycles. The SMILES string of the molecule is CCOC(=O)[C@@H](N)c1cnn(C)c1. The summed E-state index contributed by atoms with van der Waals surface area (Å²) in [4.78, 5) is 11.2. The molecular formula is C8H13N3O2. The largest absolute Gasteiger partial charge is 0.465 e. The highest BCUT2D eigenvalue weighted by Gasteiger charge is 2.17. The molecule has 1 aromatic rings. The predicted octanol–water partition coefficient (Wildman–Crippen LogP) is -0.0170. The zero-order valence-corrected chi connectivity index (χ0v) is 7.73. The summed E-state index contributed by atoms with van der Waals surface area (Å²) in [5, 5.41) is 3.91. The fraction of sp³-hybridized carbons (Fsp3) is 0.500. The molecule has 5 heteroatoms. The van der Waals surface area contributed by atoms with Crippen molar-refractivity contribution < 1.29 is 9.53 Å². The molecule has 5 nitrogen and oxygen atoms in total. The topological polar surface area (TPSA) is 70.1 Å². The van der Waals surface area contributed by atoms with Crippen LogP contribution in [0.15, 0.2) is 12.4 Å². The molecule has 0 aliphatic heterocycles. The lowest BCUT2D eigenvalue weighted by atomic mass is 10.2. The highest BCUT2D eigenvalue weighted by molar-refractivity contribution is 5.77. The van der Waals surface area contributed by atoms with E-state index in [0.717, 1.165) is 0 Å². The average molecular weight is 183 g/mol. The normalized spacial score (nSPS) is 12.5. The standard InChI is InChI=1S/C8H13N3O2/c1-3-13-8(12)7(9)6-4-10-11(2)5-6/h4-5,7H,3,9H2,1-2H3/t7-/m0/s1. The quantitative estimate of drug-likeness (QED) is 0.669. The second-order valence-corrected chi connectivity index (χ2v) is 2.68. The molecule has 0 aliphatic carbocycles. The van der Waals surface area contributed by atoms with Crippen molar-refractivity contribution in [3.8, 4) is 0 Å². The first-order chi connectivity index (χ1) is 6.15. The minimum Gasteiger partial charge on any atom is -0.465 e. The van der Waals surface area contributed by atoms with Gasteiger partial charge in [-0.05, 0) is 6.92 Å². The monoisotopic (exact) mass is 183 g/mol. The van der Waals surface area contributed by atoms with Gasteiger partial charge in [0.05, 0.1) is 12.8 Å². The third kappa shape index (κ3) is 2.29. The number of hydrogen-bond donors (Lipinski definition) is 1. The minimum absolute atomic E-state index is 0.340. The molecule has 1 atom stereocenters. The summed E-state index contributed by atoms with van der Waals surface area (Å²) in [7, 11) is 1.77. The number of carbonyl (C=O) groups excluding carboxylic acids is 1. The summed E-state index contributed by atoms with van der Waals surface area (Å²) in [5.41, 5.74) is 6.28. The summed E-state index contributed by atoms with van der Waals surface area (Å²) in [5.74, 6) is -0.421. The minimum atomic E-state index is -0.728. The van der Waals surface area contributed by atoms with Crippen LogP contribution in [-0.4, -0.2) is 22.4 Å². The molecule has 0 bridgehead atoms. The van der Waals surface area contributed by atoms with Crippen LogP contribution in [0, 0.1) is 0 Å². The van der Waals surface area contributed by atoms with Crippen LogP contribution in [-0.2, 0) is 16.6 Å². The van der Waals surface area contributed by atoms with Crippen LogP contribution in [0.25, 0.3) is 0 Å². The number of nitrogens with zero attached hydrogens (tertiary/aromatic N) is 2. The van der Waals surface area contributed by atoms with E-state index in [1.165, 1.54) is 0 Å². The summed E-state index contributed by atoms with van der Waals surface area (Å²) < 4.78 is 6.36. The van der Waals surface area contributed by atoms with E-state index < -0.39 is 12.0 Å². The van der Waals surface area contributed by atoms with Gasteiger partial charge in [-0.3, -0.25) is 4.68 Å². The van der Waals surface area contributed by atoms with Crippen molar-refractivity contribution in [2.75, 3.05) is 6.61 Å². The van der Waals surface area contributed by atoms with Crippen molar-refractivity contribution in [2.24, 2.45) is 12.8 Å². The molecule has 2 N–H and O–H groups in total. The molecule has 0 fully saturated rings. The van der Waals surface area contributed by atoms with Crippen LogP contribution in [0.5, 0.6) is 0 Å². The van der Waals surface area contributed by atoms with E-state index in [2.05, 4.69) is 5.10 Å². The maximum Gasteiger partial charge on any atom is 0.327 e. The van der Waals surface area contributed by atoms with Crippen molar-refractivity contribution >= 4 is 5.97 Å². The summed E-state index contributed by atoms with van der Waals surface area (Å²) in [6.07, 6.45) is 3.25. The van der Waals surface area contributed by atoms with Crippen LogP contribution in [0.4, 0.5) is 0 Å². The summed E-state index contributed by atoms with van der Waals surface area (Å²) in [6.45, 7) is 2.08. The lowest BCUT2D eigenvalue weighted by molar-refractivity contribution is -0.144. The second kappa shape index (κ2) is 4.04. The van der Waals surface area contributed by atoms with Crippen LogP contribution in [0.1, 0.15) is 18.5 Å². The van der Waals surface area contributed by atoms with Gasteiger partial charge in [-0.15, -0.1) is 0 Å². The molecule has 0 saturated heterocycles. The van der Waals surface area contributed by atoms with Gasteiger partial charge in [0, 0.05) is 18.8 Å². The van der Waals surface area contributed by atoms with Crippen molar-refractivity contribution in [1.82, 2.24) is 9.78 Å². The Bertz CT molecular complexity index is 295. The van der Waals surface area contributed by atoms with Gasteiger partial charge >= 0.3 is 5.97 Å². The summed E-state index contributed by atoms with van der Waals surface area (Å²) >= 11 is 0. The maximum absolute atomic E-state index is 11.2. The van der Waals surface area contributed by atoms with Gasteiger partial charge in [0.2, 0.25) is 0 Å². The number of aryl methyl sites for hydroxylation is 1. The van der Waals surface area contributed by atoms with Gasteiger partial charge in [-0.1, -0.05) is 0 Å². The Hall–Kier alpha value is -1.36. The summed E-state index contributed by atoms with van der Waals surface area (Å²) in [6, 6.07) is -0.728. The van der Waals surface area contributed by atoms with Gasteiger partial charge in [0.25, 0.3) is 0 Å². The Morgan fingerprint density at radius 1 is 1.85 bits per heavy atom. The molecule has 1 aromatic heterocycles. The second-order valence-electron chi connectivity index (χ2n) is 2.68. The maximum atomic E-state index is 11.2. The lowest BCUT2D eigenvalue weighted by Crippen LogP contribution is -2.23. The number of hydrogen-bond acceptors (Lipinski definition) is 4. The Kier molecular flexibility index (Phi) is 3.02. The third-order valence-corrected chi connectivity index (χ3v) is 1.62. The fourth-order valence-corrected chi connectivity index (χ4v) is 0.969. The Morgan fingerprint density at radius 2 is 2.54 bits per heavy atom. The molecule has 0 spiro atoms. The smallest absolute Gasteiger partial charge is 0.327 e. The van der Waals surface area contributed by atoms with Gasteiger partial charge in [0.15, 0.2) is 0 Å². The van der Waals surface area contributed by atoms with Gasteiger partial charge in [-0.25, -0.2) is 4.79 Å². The molecule has 0 unspecified atom stereocenters. The van der Waals surface area contributed by atoms with E-state index in [0.29, 0.717) is 12.2 Å². The molecule has 13 heavy (non-hydrogen) atoms. The molecular weight excluding hydrogens is 170 g/mol. The number of aromatic nitrogens is 2. The Labute approximate surface area is 76.5 Å². The zero-order chi connectivity index (χ0) is 9.84. The van der Waals surface area contributed by atoms with E-state index in [-0.39, 0.29) is 0 Å². The fourth-order valence-electron chi connectivity index (χ4n) is 0.969. The molecule has 72 valence electrons. The Balaban J connectivity index is 2.67. The van der Waals surface area contributed by atoms with Crippen molar-refractivity contribution in [2.45, 2.75) is 13.0 Å². The predicted molar refractivity (Wildman–Crippen MR) is 46.8 cm³/mol. The number of esters is 1. The van der Waals surface area contributed by atoms with Crippen molar-refractivity contribution in [1.29, 1.82) is 0 Å². The third-order valence-electron chi connectivity index (χ3n) is 1.62. The Morgan fingerprint density at radius 3 is 3.00 bits per heavy atom. The van der Waals surface area contributed by atoms with E-state index in [1.807, 2.05) is 0 Å². The highest BCUT2D eigenvalue weighted by atomic mass is 16.5. The van der Waals surface area contributed by atoms with Gasteiger partial charge in [-0.2, -0.15) is 5.10 Å². The number of nitrogens with two attached hydrogens (primary N) is 1. The first kappa shape index (κ1) is 9.73. The molecule has 1 rings (SSSR count). The molecule has 0 amide bonds. The van der Waals surface area contributed by atoms with Crippen molar-refractivity contribution in [3.63, 3.8) is 0 Å². The van der Waals surface area contributed by atoms with E-state index >= 15 is 0 Å². The molecule has 0 aromatic carbocycles. The molecule has 0 aliphatic rings. The van der Waals surface area contributed by atoms with E-state index in [1.54, 1.807) is 31.0 Å². The van der Waals surface area contributed by atoms with Crippen LogP contribution >= 0.6 is 0 Å². The van der Waals surface area contributed by atoms with Crippen molar-refractivity contribution in [3.05, 3.63) is 18.0 Å². The number of carbonyl (C=O) groups is 1. The number of rotatable bonds is 3. The van der Waals surface area contributed by atoms with Crippen LogP contribution in [0.3, 0.4) is 0 Å². The highest BCUT2D eigenvalue weighted by Crippen LogP contribution is 2.09. The van der Waals surface area contributed by atoms with E-state index in [4.69, 9.17) is 10.5 Å².